The van der Waals surface area contributed by atoms with Crippen LogP contribution in [0.2, 0.25) is 0 Å². The van der Waals surface area contributed by atoms with E-state index < -0.39 is 0 Å². The van der Waals surface area contributed by atoms with Crippen molar-refractivity contribution in [2.24, 2.45) is 5.73 Å². The maximum Gasteiger partial charge on any atom is 0.0426 e. The highest BCUT2D eigenvalue weighted by Gasteiger charge is 2.09. The first-order chi connectivity index (χ1) is 10.3. The molecule has 3 aromatic rings. The van der Waals surface area contributed by atoms with E-state index in [9.17, 15) is 0 Å². The van der Waals surface area contributed by atoms with Gasteiger partial charge in [0.05, 0.1) is 0 Å². The highest BCUT2D eigenvalue weighted by atomic mass is 14.6. The van der Waals surface area contributed by atoms with Gasteiger partial charge in [-0.3, -0.25) is 0 Å². The third kappa shape index (κ3) is 1.71. The molecule has 0 saturated heterocycles. The van der Waals surface area contributed by atoms with Crippen molar-refractivity contribution >= 4 is 33.3 Å². The summed E-state index contributed by atoms with van der Waals surface area (Å²) in [5, 5.41) is 7.57. The maximum absolute atomic E-state index is 6.48. The standard InChI is InChI=1S/C20H17N/c1-13-7-6-12-18-16-9-3-2-8-14(16)15-10-4-5-11-17(15)19(18)20(13)21/h2-5,7-12H,6,21H2,1H3. The van der Waals surface area contributed by atoms with Crippen molar-refractivity contribution < 1.29 is 0 Å². The normalized spacial score (nSPS) is 14.5. The van der Waals surface area contributed by atoms with Crippen LogP contribution < -0.4 is 16.2 Å². The first-order valence-corrected chi connectivity index (χ1v) is 7.34. The van der Waals surface area contributed by atoms with Crippen molar-refractivity contribution in [3.8, 4) is 0 Å². The Labute approximate surface area is 123 Å². The van der Waals surface area contributed by atoms with E-state index in [0.717, 1.165) is 12.1 Å². The Hall–Kier alpha value is -2.54. The summed E-state index contributed by atoms with van der Waals surface area (Å²) in [5.41, 5.74) is 8.55. The number of nitrogens with two attached hydrogens (primary N) is 1. The molecule has 2 N–H and O–H groups in total. The number of rotatable bonds is 0. The molecular formula is C20H17N. The van der Waals surface area contributed by atoms with E-state index in [1.807, 2.05) is 0 Å². The Bertz CT molecular complexity index is 1020. The lowest BCUT2D eigenvalue weighted by atomic mass is 9.96. The summed E-state index contributed by atoms with van der Waals surface area (Å²) in [6, 6.07) is 17.2. The molecule has 1 heteroatoms. The maximum atomic E-state index is 6.48. The molecule has 102 valence electrons. The van der Waals surface area contributed by atoms with Crippen LogP contribution in [0.5, 0.6) is 0 Å². The van der Waals surface area contributed by atoms with Crippen LogP contribution in [-0.4, -0.2) is 0 Å². The molecule has 0 aliphatic heterocycles. The van der Waals surface area contributed by atoms with Gasteiger partial charge >= 0.3 is 0 Å². The predicted molar refractivity (Wildman–Crippen MR) is 91.1 cm³/mol. The molecule has 0 fully saturated rings. The van der Waals surface area contributed by atoms with Gasteiger partial charge in [-0.25, -0.2) is 0 Å². The summed E-state index contributed by atoms with van der Waals surface area (Å²) in [6.45, 7) is 2.10. The zero-order valence-corrected chi connectivity index (χ0v) is 12.1. The van der Waals surface area contributed by atoms with Gasteiger partial charge in [0.1, 0.15) is 0 Å². The van der Waals surface area contributed by atoms with Gasteiger partial charge in [0.25, 0.3) is 0 Å². The van der Waals surface area contributed by atoms with Gasteiger partial charge in [0.15, 0.2) is 0 Å². The highest BCUT2D eigenvalue weighted by Crippen LogP contribution is 2.21. The molecule has 4 rings (SSSR count). The van der Waals surface area contributed by atoms with Crippen molar-refractivity contribution in [2.75, 3.05) is 0 Å². The van der Waals surface area contributed by atoms with E-state index in [4.69, 9.17) is 5.73 Å². The fourth-order valence-corrected chi connectivity index (χ4v) is 3.33. The van der Waals surface area contributed by atoms with Crippen molar-refractivity contribution in [1.29, 1.82) is 0 Å². The zero-order valence-electron chi connectivity index (χ0n) is 12.1. The quantitative estimate of drug-likeness (QED) is 0.624. The van der Waals surface area contributed by atoms with Crippen molar-refractivity contribution in [2.45, 2.75) is 13.3 Å². The second kappa shape index (κ2) is 4.49. The number of hydrogen-bond donors (Lipinski definition) is 1. The average Bonchev–Trinajstić information content (AvgIpc) is 2.68. The Morgan fingerprint density at radius 1 is 0.762 bits per heavy atom. The van der Waals surface area contributed by atoms with E-state index in [2.05, 4.69) is 67.6 Å². The highest BCUT2D eigenvalue weighted by molar-refractivity contribution is 6.08. The lowest BCUT2D eigenvalue weighted by Gasteiger charge is -2.09. The van der Waals surface area contributed by atoms with Gasteiger partial charge in [-0.15, -0.1) is 0 Å². The van der Waals surface area contributed by atoms with Crippen LogP contribution in [0, 0.1) is 0 Å². The second-order valence-electron chi connectivity index (χ2n) is 5.62. The molecule has 0 atom stereocenters. The Kier molecular flexibility index (Phi) is 2.61. The molecule has 1 aliphatic carbocycles. The molecule has 0 unspecified atom stereocenters. The molecule has 0 radical (unpaired) electrons. The third-order valence-corrected chi connectivity index (χ3v) is 4.41. The number of fused-ring (bicyclic) bond motifs is 6. The first-order valence-electron chi connectivity index (χ1n) is 7.34. The summed E-state index contributed by atoms with van der Waals surface area (Å²) in [4.78, 5) is 0. The fraction of sp³-hybridized carbons (Fsp3) is 0.100. The lowest BCUT2D eigenvalue weighted by molar-refractivity contribution is 1.37. The van der Waals surface area contributed by atoms with Crippen LogP contribution in [0.15, 0.2) is 60.2 Å². The number of benzene rings is 3. The minimum atomic E-state index is 0.903. The van der Waals surface area contributed by atoms with Crippen molar-refractivity contribution in [1.82, 2.24) is 0 Å². The van der Waals surface area contributed by atoms with E-state index in [-0.39, 0.29) is 0 Å². The minimum Gasteiger partial charge on any atom is -0.398 e. The predicted octanol–water partition coefficient (Wildman–Crippen LogP) is 3.19. The smallest absolute Gasteiger partial charge is 0.0426 e. The molecule has 1 nitrogen and oxygen atoms in total. The average molecular weight is 271 g/mol. The molecule has 3 aromatic carbocycles. The zero-order chi connectivity index (χ0) is 14.4. The summed E-state index contributed by atoms with van der Waals surface area (Å²) >= 11 is 0. The minimum absolute atomic E-state index is 0.903. The molecule has 0 aromatic heterocycles. The molecular weight excluding hydrogens is 254 g/mol. The van der Waals surface area contributed by atoms with Crippen molar-refractivity contribution in [3.63, 3.8) is 0 Å². The topological polar surface area (TPSA) is 26.0 Å². The van der Waals surface area contributed by atoms with Gasteiger partial charge in [0.2, 0.25) is 0 Å². The van der Waals surface area contributed by atoms with Crippen molar-refractivity contribution in [3.05, 3.63) is 70.6 Å². The molecule has 21 heavy (non-hydrogen) atoms. The summed E-state index contributed by atoms with van der Waals surface area (Å²) < 4.78 is 0. The Morgan fingerprint density at radius 3 is 2.05 bits per heavy atom. The van der Waals surface area contributed by atoms with Crippen LogP contribution in [0.25, 0.3) is 33.3 Å². The molecule has 0 heterocycles. The second-order valence-corrected chi connectivity index (χ2v) is 5.62. The monoisotopic (exact) mass is 271 g/mol. The summed E-state index contributed by atoms with van der Waals surface area (Å²) in [7, 11) is 0. The first kappa shape index (κ1) is 12.2. The largest absolute Gasteiger partial charge is 0.398 e. The van der Waals surface area contributed by atoms with Crippen LogP contribution in [-0.2, 0) is 0 Å². The van der Waals surface area contributed by atoms with Gasteiger partial charge in [-0.2, -0.15) is 0 Å². The SMILES string of the molecule is CC1=CCC=c2c(c3ccccc3c3ccccc23)=C1N. The van der Waals surface area contributed by atoms with Crippen LogP contribution in [0.4, 0.5) is 0 Å². The van der Waals surface area contributed by atoms with E-state index in [1.54, 1.807) is 0 Å². The number of hydrogen-bond acceptors (Lipinski definition) is 1. The van der Waals surface area contributed by atoms with Crippen LogP contribution in [0.3, 0.4) is 0 Å². The summed E-state index contributed by atoms with van der Waals surface area (Å²) in [6.07, 6.45) is 5.44. The van der Waals surface area contributed by atoms with E-state index in [0.29, 0.717) is 0 Å². The van der Waals surface area contributed by atoms with E-state index in [1.165, 1.54) is 37.6 Å². The Morgan fingerprint density at radius 2 is 1.33 bits per heavy atom. The molecule has 0 amide bonds. The molecule has 0 bridgehead atoms. The molecule has 0 saturated carbocycles. The lowest BCUT2D eigenvalue weighted by Crippen LogP contribution is -2.31. The van der Waals surface area contributed by atoms with Gasteiger partial charge < -0.3 is 5.73 Å². The van der Waals surface area contributed by atoms with Crippen LogP contribution >= 0.6 is 0 Å². The third-order valence-electron chi connectivity index (χ3n) is 4.41. The van der Waals surface area contributed by atoms with Gasteiger partial charge in [-0.05, 0) is 45.7 Å². The molecule has 0 spiro atoms. The Balaban J connectivity index is 2.46. The van der Waals surface area contributed by atoms with E-state index >= 15 is 0 Å². The van der Waals surface area contributed by atoms with Gasteiger partial charge in [0, 0.05) is 10.9 Å². The number of allylic oxidation sites excluding steroid dienone is 1. The molecule has 1 aliphatic rings. The van der Waals surface area contributed by atoms with Gasteiger partial charge in [-0.1, -0.05) is 60.7 Å². The summed E-state index contributed by atoms with van der Waals surface area (Å²) in [5.74, 6) is 0. The fourth-order valence-electron chi connectivity index (χ4n) is 3.33. The van der Waals surface area contributed by atoms with Crippen LogP contribution in [0.1, 0.15) is 13.3 Å².